The zero-order chi connectivity index (χ0) is 14.6. The summed E-state index contributed by atoms with van der Waals surface area (Å²) in [6.45, 7) is 0. The number of carbonyl (C=O) groups excluding carboxylic acids is 1. The minimum atomic E-state index is -3.75. The first-order chi connectivity index (χ1) is 9.54. The van der Waals surface area contributed by atoms with E-state index >= 15 is 0 Å². The van der Waals surface area contributed by atoms with Crippen molar-refractivity contribution >= 4 is 27.3 Å². The molecule has 0 aliphatic carbocycles. The number of hydrogen-bond acceptors (Lipinski definition) is 5. The van der Waals surface area contributed by atoms with Crippen LogP contribution >= 0.6 is 11.3 Å². The zero-order valence-electron chi connectivity index (χ0n) is 10.6. The van der Waals surface area contributed by atoms with Gasteiger partial charge in [-0.25, -0.2) is 13.2 Å². The van der Waals surface area contributed by atoms with Crippen molar-refractivity contribution in [3.05, 3.63) is 53.4 Å². The molecule has 0 spiro atoms. The van der Waals surface area contributed by atoms with E-state index in [0.29, 0.717) is 5.56 Å². The molecule has 1 aromatic heterocycles. The van der Waals surface area contributed by atoms with E-state index in [4.69, 9.17) is 0 Å². The SMILES string of the molecule is COC(=O)[C@H](NS(=O)(=O)c1cccs1)c1ccccc1. The first kappa shape index (κ1) is 14.7. The maximum absolute atomic E-state index is 12.2. The Kier molecular flexibility index (Phi) is 4.53. The van der Waals surface area contributed by atoms with E-state index in [2.05, 4.69) is 9.46 Å². The minimum absolute atomic E-state index is 0.155. The van der Waals surface area contributed by atoms with Crippen molar-refractivity contribution in [1.82, 2.24) is 4.72 Å². The highest BCUT2D eigenvalue weighted by Crippen LogP contribution is 2.21. The van der Waals surface area contributed by atoms with Crippen LogP contribution < -0.4 is 4.72 Å². The number of carbonyl (C=O) groups is 1. The predicted molar refractivity (Wildman–Crippen MR) is 75.8 cm³/mol. The van der Waals surface area contributed by atoms with E-state index in [0.717, 1.165) is 11.3 Å². The summed E-state index contributed by atoms with van der Waals surface area (Å²) in [6, 6.07) is 10.6. The van der Waals surface area contributed by atoms with Crippen molar-refractivity contribution in [2.75, 3.05) is 7.11 Å². The average molecular weight is 311 g/mol. The number of ether oxygens (including phenoxy) is 1. The zero-order valence-corrected chi connectivity index (χ0v) is 12.3. The molecule has 1 N–H and O–H groups in total. The molecular weight excluding hydrogens is 298 g/mol. The lowest BCUT2D eigenvalue weighted by Crippen LogP contribution is -2.34. The van der Waals surface area contributed by atoms with Crippen LogP contribution in [0.4, 0.5) is 0 Å². The Hall–Kier alpha value is -1.70. The molecule has 106 valence electrons. The van der Waals surface area contributed by atoms with Gasteiger partial charge in [-0.05, 0) is 17.0 Å². The van der Waals surface area contributed by atoms with Gasteiger partial charge in [0.25, 0.3) is 10.0 Å². The Balaban J connectivity index is 2.33. The Morgan fingerprint density at radius 2 is 1.90 bits per heavy atom. The standard InChI is InChI=1S/C13H13NO4S2/c1-18-13(15)12(10-6-3-2-4-7-10)14-20(16,17)11-8-5-9-19-11/h2-9,12,14H,1H3/t12-/m1/s1. The van der Waals surface area contributed by atoms with Crippen LogP contribution in [0.5, 0.6) is 0 Å². The first-order valence-corrected chi connectivity index (χ1v) is 8.09. The molecular formula is C13H13NO4S2. The maximum atomic E-state index is 12.2. The topological polar surface area (TPSA) is 72.5 Å². The van der Waals surface area contributed by atoms with Crippen molar-refractivity contribution in [2.24, 2.45) is 0 Å². The van der Waals surface area contributed by atoms with Gasteiger partial charge in [0.15, 0.2) is 0 Å². The molecule has 2 aromatic rings. The van der Waals surface area contributed by atoms with Gasteiger partial charge in [-0.2, -0.15) is 4.72 Å². The number of thiophene rings is 1. The minimum Gasteiger partial charge on any atom is -0.468 e. The molecule has 0 aliphatic rings. The van der Waals surface area contributed by atoms with Crippen molar-refractivity contribution in [1.29, 1.82) is 0 Å². The largest absolute Gasteiger partial charge is 0.468 e. The molecule has 1 heterocycles. The molecule has 0 unspecified atom stereocenters. The highest BCUT2D eigenvalue weighted by Gasteiger charge is 2.28. The molecule has 1 atom stereocenters. The number of esters is 1. The fraction of sp³-hybridized carbons (Fsp3) is 0.154. The molecule has 0 bridgehead atoms. The van der Waals surface area contributed by atoms with Gasteiger partial charge < -0.3 is 4.74 Å². The van der Waals surface area contributed by atoms with E-state index in [9.17, 15) is 13.2 Å². The number of methoxy groups -OCH3 is 1. The Morgan fingerprint density at radius 3 is 2.45 bits per heavy atom. The Morgan fingerprint density at radius 1 is 1.20 bits per heavy atom. The lowest BCUT2D eigenvalue weighted by Gasteiger charge is -2.16. The fourth-order valence-electron chi connectivity index (χ4n) is 1.65. The van der Waals surface area contributed by atoms with Gasteiger partial charge in [0, 0.05) is 0 Å². The molecule has 20 heavy (non-hydrogen) atoms. The first-order valence-electron chi connectivity index (χ1n) is 5.73. The molecule has 0 aliphatic heterocycles. The maximum Gasteiger partial charge on any atom is 0.328 e. The second-order valence-corrected chi connectivity index (χ2v) is 6.81. The Bertz CT molecular complexity index is 666. The van der Waals surface area contributed by atoms with Gasteiger partial charge in [0.2, 0.25) is 0 Å². The molecule has 7 heteroatoms. The second kappa shape index (κ2) is 6.17. The summed E-state index contributed by atoms with van der Waals surface area (Å²) in [5.74, 6) is -0.656. The van der Waals surface area contributed by atoms with Crippen molar-refractivity contribution in [3.63, 3.8) is 0 Å². The number of rotatable bonds is 5. The summed E-state index contributed by atoms with van der Waals surface area (Å²) in [4.78, 5) is 11.8. The van der Waals surface area contributed by atoms with E-state index in [1.165, 1.54) is 13.2 Å². The van der Waals surface area contributed by atoms with Crippen LogP contribution in [0.25, 0.3) is 0 Å². The molecule has 0 saturated heterocycles. The van der Waals surface area contributed by atoms with Crippen LogP contribution in [0.15, 0.2) is 52.1 Å². The monoisotopic (exact) mass is 311 g/mol. The lowest BCUT2D eigenvalue weighted by atomic mass is 10.1. The summed E-state index contributed by atoms with van der Waals surface area (Å²) in [6.07, 6.45) is 0. The van der Waals surface area contributed by atoms with Gasteiger partial charge in [-0.15, -0.1) is 11.3 Å². The third kappa shape index (κ3) is 3.24. The number of sulfonamides is 1. The third-order valence-corrected chi connectivity index (χ3v) is 5.42. The van der Waals surface area contributed by atoms with Gasteiger partial charge in [-0.3, -0.25) is 0 Å². The molecule has 0 radical (unpaired) electrons. The quantitative estimate of drug-likeness (QED) is 0.857. The second-order valence-electron chi connectivity index (χ2n) is 3.92. The summed E-state index contributed by atoms with van der Waals surface area (Å²) >= 11 is 1.08. The van der Waals surface area contributed by atoms with Gasteiger partial charge in [0.05, 0.1) is 7.11 Å². The fourth-order valence-corrected chi connectivity index (χ4v) is 3.83. The summed E-state index contributed by atoms with van der Waals surface area (Å²) in [5, 5.41) is 1.66. The van der Waals surface area contributed by atoms with Crippen LogP contribution in [-0.4, -0.2) is 21.5 Å². The van der Waals surface area contributed by atoms with Gasteiger partial charge >= 0.3 is 5.97 Å². The van der Waals surface area contributed by atoms with E-state index in [1.54, 1.807) is 41.8 Å². The van der Waals surface area contributed by atoms with Gasteiger partial charge in [-0.1, -0.05) is 36.4 Å². The highest BCUT2D eigenvalue weighted by molar-refractivity contribution is 7.91. The average Bonchev–Trinajstić information content (AvgIpc) is 3.00. The number of nitrogens with one attached hydrogen (secondary N) is 1. The molecule has 0 saturated carbocycles. The number of hydrogen-bond donors (Lipinski definition) is 1. The third-order valence-electron chi connectivity index (χ3n) is 2.60. The normalized spacial score (nSPS) is 12.8. The molecule has 0 amide bonds. The summed E-state index contributed by atoms with van der Waals surface area (Å²) < 4.78 is 31.6. The highest BCUT2D eigenvalue weighted by atomic mass is 32.2. The van der Waals surface area contributed by atoms with Crippen LogP contribution in [0.2, 0.25) is 0 Å². The summed E-state index contributed by atoms with van der Waals surface area (Å²) in [7, 11) is -2.53. The molecule has 1 aromatic carbocycles. The molecule has 0 fully saturated rings. The van der Waals surface area contributed by atoms with Crippen molar-refractivity contribution in [3.8, 4) is 0 Å². The molecule has 2 rings (SSSR count). The van der Waals surface area contributed by atoms with Crippen LogP contribution in [0, 0.1) is 0 Å². The van der Waals surface area contributed by atoms with E-state index in [1.807, 2.05) is 0 Å². The Labute approximate surface area is 121 Å². The van der Waals surface area contributed by atoms with E-state index < -0.39 is 22.0 Å². The van der Waals surface area contributed by atoms with Crippen LogP contribution in [-0.2, 0) is 19.6 Å². The van der Waals surface area contributed by atoms with Crippen molar-refractivity contribution in [2.45, 2.75) is 10.3 Å². The lowest BCUT2D eigenvalue weighted by molar-refractivity contribution is -0.142. The van der Waals surface area contributed by atoms with Crippen LogP contribution in [0.1, 0.15) is 11.6 Å². The predicted octanol–water partition coefficient (Wildman–Crippen LogP) is 1.94. The molecule has 5 nitrogen and oxygen atoms in total. The number of benzene rings is 1. The van der Waals surface area contributed by atoms with Gasteiger partial charge in [0.1, 0.15) is 10.3 Å². The van der Waals surface area contributed by atoms with Crippen LogP contribution in [0.3, 0.4) is 0 Å². The summed E-state index contributed by atoms with van der Waals surface area (Å²) in [5.41, 5.74) is 0.527. The van der Waals surface area contributed by atoms with Crippen molar-refractivity contribution < 1.29 is 17.9 Å². The van der Waals surface area contributed by atoms with E-state index in [-0.39, 0.29) is 4.21 Å². The smallest absolute Gasteiger partial charge is 0.328 e.